The lowest BCUT2D eigenvalue weighted by Crippen LogP contribution is -2.57. The summed E-state index contributed by atoms with van der Waals surface area (Å²) in [6.45, 7) is 8.14. The molecule has 1 fully saturated rings. The number of hydrogen-bond donors (Lipinski definition) is 2. The molecule has 0 aliphatic carbocycles. The highest BCUT2D eigenvalue weighted by molar-refractivity contribution is 5.95. The van der Waals surface area contributed by atoms with Crippen molar-refractivity contribution in [3.8, 4) is 0 Å². The van der Waals surface area contributed by atoms with Gasteiger partial charge in [0.1, 0.15) is 16.8 Å². The Morgan fingerprint density at radius 1 is 1.36 bits per heavy atom. The fourth-order valence-corrected chi connectivity index (χ4v) is 4.03. The Bertz CT molecular complexity index is 904. The Kier molecular flexibility index (Phi) is 5.48. The van der Waals surface area contributed by atoms with Crippen molar-refractivity contribution < 1.29 is 19.8 Å². The van der Waals surface area contributed by atoms with Crippen LogP contribution in [0.15, 0.2) is 18.3 Å². The van der Waals surface area contributed by atoms with Crippen molar-refractivity contribution >= 4 is 17.5 Å². The van der Waals surface area contributed by atoms with Crippen LogP contribution in [0.3, 0.4) is 0 Å². The highest BCUT2D eigenvalue weighted by atomic mass is 16.4. The summed E-state index contributed by atoms with van der Waals surface area (Å²) < 4.78 is 1.76. The van der Waals surface area contributed by atoms with E-state index in [1.165, 1.54) is 0 Å². The number of nitrogens with zero attached hydrogens (tertiary/aromatic N) is 3. The average Bonchev–Trinajstić information content (AvgIpc) is 2.95. The maximum absolute atomic E-state index is 13.3. The van der Waals surface area contributed by atoms with Crippen molar-refractivity contribution in [3.05, 3.63) is 35.3 Å². The van der Waals surface area contributed by atoms with Crippen LogP contribution >= 0.6 is 0 Å². The van der Waals surface area contributed by atoms with Gasteiger partial charge in [-0.05, 0) is 56.7 Å². The molecule has 0 bridgehead atoms. The molecule has 0 spiro atoms. The molecule has 7 heteroatoms. The number of piperidine rings is 1. The molecule has 0 radical (unpaired) electrons. The lowest BCUT2D eigenvalue weighted by atomic mass is 9.72. The van der Waals surface area contributed by atoms with E-state index in [9.17, 15) is 19.8 Å². The molecule has 2 aromatic heterocycles. The first-order chi connectivity index (χ1) is 13.2. The van der Waals surface area contributed by atoms with Crippen LogP contribution in [0.5, 0.6) is 0 Å². The molecule has 28 heavy (non-hydrogen) atoms. The lowest BCUT2D eigenvalue weighted by Gasteiger charge is -2.43. The Morgan fingerprint density at radius 2 is 2.07 bits per heavy atom. The number of aliphatic carboxylic acids is 1. The van der Waals surface area contributed by atoms with Gasteiger partial charge in [-0.15, -0.1) is 0 Å². The number of pyridine rings is 1. The van der Waals surface area contributed by atoms with E-state index in [0.29, 0.717) is 42.3 Å². The summed E-state index contributed by atoms with van der Waals surface area (Å²) in [4.78, 5) is 31.5. The minimum absolute atomic E-state index is 0.00753. The van der Waals surface area contributed by atoms with Gasteiger partial charge < -0.3 is 15.1 Å². The van der Waals surface area contributed by atoms with E-state index in [2.05, 4.69) is 4.98 Å². The number of aryl methyl sites for hydroxylation is 2. The smallest absolute Gasteiger partial charge is 0.314 e. The van der Waals surface area contributed by atoms with Crippen LogP contribution < -0.4 is 0 Å². The van der Waals surface area contributed by atoms with Crippen molar-refractivity contribution in [3.63, 3.8) is 0 Å². The molecule has 1 aliphatic heterocycles. The van der Waals surface area contributed by atoms with Gasteiger partial charge in [0, 0.05) is 19.3 Å². The van der Waals surface area contributed by atoms with E-state index in [0.717, 1.165) is 5.56 Å². The molecule has 0 unspecified atom stereocenters. The minimum atomic E-state index is -1.33. The second kappa shape index (κ2) is 7.54. The third-order valence-corrected chi connectivity index (χ3v) is 5.82. The van der Waals surface area contributed by atoms with Gasteiger partial charge in [-0.1, -0.05) is 13.8 Å². The van der Waals surface area contributed by atoms with Gasteiger partial charge in [0.05, 0.1) is 11.8 Å². The maximum atomic E-state index is 13.3. The highest BCUT2D eigenvalue weighted by Crippen LogP contribution is 2.37. The number of likely N-dealkylation sites (tertiary alicyclic amines) is 1. The van der Waals surface area contributed by atoms with E-state index < -0.39 is 17.5 Å². The molecule has 1 saturated heterocycles. The number of hydrogen-bond acceptors (Lipinski definition) is 4. The molecule has 2 aromatic rings. The van der Waals surface area contributed by atoms with E-state index in [1.54, 1.807) is 16.2 Å². The third-order valence-electron chi connectivity index (χ3n) is 5.82. The number of aromatic nitrogens is 2. The zero-order valence-corrected chi connectivity index (χ0v) is 17.0. The Morgan fingerprint density at radius 3 is 2.71 bits per heavy atom. The first-order valence-electron chi connectivity index (χ1n) is 9.82. The molecule has 3 rings (SSSR count). The molecular weight excluding hydrogens is 358 g/mol. The van der Waals surface area contributed by atoms with Crippen molar-refractivity contribution in [2.24, 2.45) is 11.3 Å². The first kappa shape index (κ1) is 20.3. The van der Waals surface area contributed by atoms with E-state index >= 15 is 0 Å². The fraction of sp³-hybridized carbons (Fsp3) is 0.571. The van der Waals surface area contributed by atoms with Crippen LogP contribution in [-0.4, -0.2) is 55.6 Å². The SMILES string of the molecule is Cc1ccn2c(C(=O)N3CC[C@@H](O)[C@](CCC(C)C)(C(=O)O)C3)c(C)nc2c1. The Balaban J connectivity index is 1.94. The van der Waals surface area contributed by atoms with Crippen molar-refractivity contribution in [2.75, 3.05) is 13.1 Å². The molecule has 1 aliphatic rings. The van der Waals surface area contributed by atoms with Gasteiger partial charge in [0.25, 0.3) is 5.91 Å². The molecule has 0 saturated carbocycles. The van der Waals surface area contributed by atoms with Crippen LogP contribution in [0, 0.1) is 25.2 Å². The van der Waals surface area contributed by atoms with Gasteiger partial charge in [0.2, 0.25) is 0 Å². The van der Waals surface area contributed by atoms with E-state index in [4.69, 9.17) is 0 Å². The predicted molar refractivity (Wildman–Crippen MR) is 105 cm³/mol. The monoisotopic (exact) mass is 387 g/mol. The summed E-state index contributed by atoms with van der Waals surface area (Å²) in [5, 5.41) is 20.5. The second-order valence-corrected chi connectivity index (χ2v) is 8.40. The summed E-state index contributed by atoms with van der Waals surface area (Å²) in [5.41, 5.74) is 1.49. The molecular formula is C21H29N3O4. The van der Waals surface area contributed by atoms with Gasteiger partial charge in [0.15, 0.2) is 0 Å². The number of amides is 1. The molecule has 2 N–H and O–H groups in total. The van der Waals surface area contributed by atoms with Gasteiger partial charge in [-0.25, -0.2) is 4.98 Å². The fourth-order valence-electron chi connectivity index (χ4n) is 4.03. The summed E-state index contributed by atoms with van der Waals surface area (Å²) in [5.74, 6) is -0.960. The predicted octanol–water partition coefficient (Wildman–Crippen LogP) is 2.67. The van der Waals surface area contributed by atoms with Gasteiger partial charge in [-0.3, -0.25) is 14.0 Å². The largest absolute Gasteiger partial charge is 0.481 e. The summed E-state index contributed by atoms with van der Waals surface area (Å²) in [7, 11) is 0. The zero-order chi connectivity index (χ0) is 20.6. The zero-order valence-electron chi connectivity index (χ0n) is 17.0. The van der Waals surface area contributed by atoms with Gasteiger partial charge in [-0.2, -0.15) is 0 Å². The normalized spacial score (nSPS) is 22.8. The summed E-state index contributed by atoms with van der Waals surface area (Å²) in [6.07, 6.45) is 2.14. The number of rotatable bonds is 5. The number of fused-ring (bicyclic) bond motifs is 1. The number of carbonyl (C=O) groups is 2. The van der Waals surface area contributed by atoms with E-state index in [1.807, 2.05) is 39.1 Å². The van der Waals surface area contributed by atoms with Crippen molar-refractivity contribution in [1.82, 2.24) is 14.3 Å². The maximum Gasteiger partial charge on any atom is 0.314 e. The quantitative estimate of drug-likeness (QED) is 0.822. The highest BCUT2D eigenvalue weighted by Gasteiger charge is 2.50. The Hall–Kier alpha value is -2.41. The number of carbonyl (C=O) groups excluding carboxylic acids is 1. The first-order valence-corrected chi connectivity index (χ1v) is 9.82. The van der Waals surface area contributed by atoms with Crippen molar-refractivity contribution in [1.29, 1.82) is 0 Å². The topological polar surface area (TPSA) is 95.1 Å². The minimum Gasteiger partial charge on any atom is -0.481 e. The molecule has 152 valence electrons. The Labute approximate surface area is 165 Å². The number of aliphatic hydroxyl groups excluding tert-OH is 1. The van der Waals surface area contributed by atoms with Gasteiger partial charge >= 0.3 is 5.97 Å². The number of imidazole rings is 1. The lowest BCUT2D eigenvalue weighted by molar-refractivity contribution is -0.163. The standard InChI is InChI=1S/C21H29N3O4/c1-13(2)5-8-21(20(27)28)12-23(9-7-16(21)25)19(26)18-15(4)22-17-11-14(3)6-10-24(17)18/h6,10-11,13,16,25H,5,7-9,12H2,1-4H3,(H,27,28)/t16-,21-/m1/s1. The summed E-state index contributed by atoms with van der Waals surface area (Å²) >= 11 is 0. The average molecular weight is 387 g/mol. The summed E-state index contributed by atoms with van der Waals surface area (Å²) in [6, 6.07) is 3.82. The number of carboxylic acids is 1. The molecule has 7 nitrogen and oxygen atoms in total. The van der Waals surface area contributed by atoms with Crippen LogP contribution in [-0.2, 0) is 4.79 Å². The molecule has 1 amide bonds. The molecule has 2 atom stereocenters. The molecule has 0 aromatic carbocycles. The second-order valence-electron chi connectivity index (χ2n) is 8.40. The van der Waals surface area contributed by atoms with Crippen molar-refractivity contribution in [2.45, 2.75) is 53.1 Å². The number of aliphatic hydroxyl groups is 1. The van der Waals surface area contributed by atoms with Crippen LogP contribution in [0.2, 0.25) is 0 Å². The number of carboxylic acid groups (broad SMARTS) is 1. The van der Waals surface area contributed by atoms with E-state index in [-0.39, 0.29) is 18.9 Å². The van der Waals surface area contributed by atoms with Crippen LogP contribution in [0.4, 0.5) is 0 Å². The van der Waals surface area contributed by atoms with Crippen LogP contribution in [0.1, 0.15) is 54.9 Å². The van der Waals surface area contributed by atoms with Crippen LogP contribution in [0.25, 0.3) is 5.65 Å². The third kappa shape index (κ3) is 3.51. The molecule has 3 heterocycles.